The van der Waals surface area contributed by atoms with Gasteiger partial charge in [-0.2, -0.15) is 0 Å². The average molecular weight is 282 g/mol. The lowest BCUT2D eigenvalue weighted by Crippen LogP contribution is -2.23. The highest BCUT2D eigenvalue weighted by Gasteiger charge is 2.12. The van der Waals surface area contributed by atoms with Gasteiger partial charge in [-0.1, -0.05) is 6.92 Å². The molecule has 1 unspecified atom stereocenters. The van der Waals surface area contributed by atoms with Gasteiger partial charge in [-0.3, -0.25) is 14.6 Å². The van der Waals surface area contributed by atoms with Crippen LogP contribution in [0.3, 0.4) is 0 Å². The maximum Gasteiger partial charge on any atom is 0.306 e. The summed E-state index contributed by atoms with van der Waals surface area (Å²) in [4.78, 5) is 27.7. The Hall–Kier alpha value is -1.56. The number of hydrogen-bond donors (Lipinski definition) is 1. The number of rotatable bonds is 6. The zero-order chi connectivity index (χ0) is 14.3. The van der Waals surface area contributed by atoms with E-state index >= 15 is 0 Å². The van der Waals surface area contributed by atoms with E-state index in [1.54, 1.807) is 12.3 Å². The maximum absolute atomic E-state index is 11.6. The quantitative estimate of drug-likeness (QED) is 0.637. The lowest BCUT2D eigenvalue weighted by atomic mass is 10.3. The summed E-state index contributed by atoms with van der Waals surface area (Å²) in [6.45, 7) is 4.36. The van der Waals surface area contributed by atoms with Gasteiger partial charge in [0.2, 0.25) is 0 Å². The van der Waals surface area contributed by atoms with Crippen molar-refractivity contribution in [3.63, 3.8) is 0 Å². The van der Waals surface area contributed by atoms with E-state index < -0.39 is 0 Å². The summed E-state index contributed by atoms with van der Waals surface area (Å²) in [6, 6.07) is 3.55. The van der Waals surface area contributed by atoms with Gasteiger partial charge in [-0.25, -0.2) is 0 Å². The fourth-order valence-corrected chi connectivity index (χ4v) is 2.45. The molecule has 0 bridgehead atoms. The number of nitrogens with zero attached hydrogens (tertiary/aromatic N) is 1. The molecule has 0 spiro atoms. The van der Waals surface area contributed by atoms with Gasteiger partial charge in [-0.15, -0.1) is 11.8 Å². The van der Waals surface area contributed by atoms with Crippen molar-refractivity contribution in [3.05, 3.63) is 24.0 Å². The van der Waals surface area contributed by atoms with Crippen LogP contribution in [0.25, 0.3) is 0 Å². The SMILES string of the molecule is CCNC(=O)c1cc(SC(C)CC(=O)OC)ccn1. The zero-order valence-corrected chi connectivity index (χ0v) is 12.1. The first-order valence-electron chi connectivity index (χ1n) is 6.04. The van der Waals surface area contributed by atoms with Crippen LogP contribution in [0.2, 0.25) is 0 Å². The maximum atomic E-state index is 11.6. The Kier molecular flexibility index (Phi) is 6.35. The number of nitrogens with one attached hydrogen (secondary N) is 1. The van der Waals surface area contributed by atoms with Gasteiger partial charge in [-0.05, 0) is 19.1 Å². The molecule has 1 rings (SSSR count). The summed E-state index contributed by atoms with van der Waals surface area (Å²) >= 11 is 1.52. The monoisotopic (exact) mass is 282 g/mol. The summed E-state index contributed by atoms with van der Waals surface area (Å²) in [5.41, 5.74) is 0.386. The van der Waals surface area contributed by atoms with Crippen LogP contribution < -0.4 is 5.32 Å². The van der Waals surface area contributed by atoms with Crippen molar-refractivity contribution < 1.29 is 14.3 Å². The first-order valence-corrected chi connectivity index (χ1v) is 6.92. The van der Waals surface area contributed by atoms with Crippen LogP contribution in [0, 0.1) is 0 Å². The van der Waals surface area contributed by atoms with E-state index in [4.69, 9.17) is 0 Å². The summed E-state index contributed by atoms with van der Waals surface area (Å²) < 4.78 is 4.62. The van der Waals surface area contributed by atoms with Crippen LogP contribution in [-0.2, 0) is 9.53 Å². The number of aromatic nitrogens is 1. The molecule has 1 heterocycles. The van der Waals surface area contributed by atoms with E-state index in [0.29, 0.717) is 18.7 Å². The molecular weight excluding hydrogens is 264 g/mol. The highest BCUT2D eigenvalue weighted by molar-refractivity contribution is 8.00. The summed E-state index contributed by atoms with van der Waals surface area (Å²) in [5.74, 6) is -0.427. The average Bonchev–Trinajstić information content (AvgIpc) is 2.39. The molecular formula is C13H18N2O3S. The summed E-state index contributed by atoms with van der Waals surface area (Å²) in [6.07, 6.45) is 1.93. The summed E-state index contributed by atoms with van der Waals surface area (Å²) in [5, 5.41) is 2.78. The Balaban J connectivity index is 2.66. The van der Waals surface area contributed by atoms with Gasteiger partial charge in [0.1, 0.15) is 5.69 Å². The van der Waals surface area contributed by atoms with Crippen molar-refractivity contribution in [2.45, 2.75) is 30.4 Å². The largest absolute Gasteiger partial charge is 0.469 e. The van der Waals surface area contributed by atoms with Crippen molar-refractivity contribution in [2.24, 2.45) is 0 Å². The molecule has 1 N–H and O–H groups in total. The molecule has 5 nitrogen and oxygen atoms in total. The summed E-state index contributed by atoms with van der Waals surface area (Å²) in [7, 11) is 1.37. The fourth-order valence-electron chi connectivity index (χ4n) is 1.45. The van der Waals surface area contributed by atoms with Crippen molar-refractivity contribution in [1.82, 2.24) is 10.3 Å². The topological polar surface area (TPSA) is 68.3 Å². The van der Waals surface area contributed by atoms with Gasteiger partial charge >= 0.3 is 5.97 Å². The van der Waals surface area contributed by atoms with Crippen molar-refractivity contribution in [3.8, 4) is 0 Å². The smallest absolute Gasteiger partial charge is 0.306 e. The molecule has 0 saturated heterocycles. The van der Waals surface area contributed by atoms with Crippen LogP contribution in [0.4, 0.5) is 0 Å². The highest BCUT2D eigenvalue weighted by atomic mass is 32.2. The number of esters is 1. The number of methoxy groups -OCH3 is 1. The lowest BCUT2D eigenvalue weighted by molar-refractivity contribution is -0.140. The van der Waals surface area contributed by atoms with Crippen LogP contribution in [0.5, 0.6) is 0 Å². The van der Waals surface area contributed by atoms with Gasteiger partial charge in [0.05, 0.1) is 13.5 Å². The van der Waals surface area contributed by atoms with Crippen molar-refractivity contribution in [2.75, 3.05) is 13.7 Å². The predicted octanol–water partition coefficient (Wildman–Crippen LogP) is 1.88. The molecule has 0 saturated carbocycles. The van der Waals surface area contributed by atoms with E-state index in [1.165, 1.54) is 18.9 Å². The van der Waals surface area contributed by atoms with Gasteiger partial charge in [0, 0.05) is 22.9 Å². The molecule has 1 aromatic heterocycles. The minimum atomic E-state index is -0.238. The molecule has 0 aliphatic heterocycles. The van der Waals surface area contributed by atoms with E-state index in [0.717, 1.165) is 4.90 Å². The number of hydrogen-bond acceptors (Lipinski definition) is 5. The first-order chi connectivity index (χ1) is 9.06. The van der Waals surface area contributed by atoms with E-state index in [2.05, 4.69) is 15.0 Å². The Labute approximate surface area is 117 Å². The second-order valence-corrected chi connectivity index (χ2v) is 5.46. The molecule has 1 aromatic rings. The molecule has 0 aliphatic carbocycles. The Morgan fingerprint density at radius 2 is 2.26 bits per heavy atom. The lowest BCUT2D eigenvalue weighted by Gasteiger charge is -2.10. The Morgan fingerprint density at radius 3 is 2.89 bits per heavy atom. The van der Waals surface area contributed by atoms with Crippen LogP contribution in [0.1, 0.15) is 30.8 Å². The molecule has 1 amide bonds. The van der Waals surface area contributed by atoms with Gasteiger partial charge in [0.25, 0.3) is 5.91 Å². The van der Waals surface area contributed by atoms with Crippen LogP contribution >= 0.6 is 11.8 Å². The normalized spacial score (nSPS) is 11.7. The molecule has 104 valence electrons. The minimum Gasteiger partial charge on any atom is -0.469 e. The first kappa shape index (κ1) is 15.5. The molecule has 1 atom stereocenters. The third-order valence-corrected chi connectivity index (χ3v) is 3.42. The number of thioether (sulfide) groups is 1. The molecule has 0 fully saturated rings. The van der Waals surface area contributed by atoms with Gasteiger partial charge < -0.3 is 10.1 Å². The molecule has 19 heavy (non-hydrogen) atoms. The second-order valence-electron chi connectivity index (χ2n) is 3.94. The number of ether oxygens (including phenoxy) is 1. The number of amides is 1. The standard InChI is InChI=1S/C13H18N2O3S/c1-4-14-13(17)11-8-10(5-6-15-11)19-9(2)7-12(16)18-3/h5-6,8-9H,4,7H2,1-3H3,(H,14,17). The molecule has 0 aliphatic rings. The van der Waals surface area contributed by atoms with Crippen LogP contribution in [-0.4, -0.2) is 35.8 Å². The van der Waals surface area contributed by atoms with E-state index in [1.807, 2.05) is 19.9 Å². The number of pyridine rings is 1. The zero-order valence-electron chi connectivity index (χ0n) is 11.3. The third-order valence-electron chi connectivity index (χ3n) is 2.32. The number of carbonyl (C=O) groups excluding carboxylic acids is 2. The second kappa shape index (κ2) is 7.78. The van der Waals surface area contributed by atoms with Crippen LogP contribution in [0.15, 0.2) is 23.2 Å². The Bertz CT molecular complexity index is 451. The van der Waals surface area contributed by atoms with Crippen molar-refractivity contribution in [1.29, 1.82) is 0 Å². The number of carbonyl (C=O) groups is 2. The Morgan fingerprint density at radius 1 is 1.53 bits per heavy atom. The molecule has 0 radical (unpaired) electrons. The molecule has 0 aromatic carbocycles. The third kappa shape index (κ3) is 5.30. The van der Waals surface area contributed by atoms with E-state index in [9.17, 15) is 9.59 Å². The van der Waals surface area contributed by atoms with E-state index in [-0.39, 0.29) is 17.1 Å². The van der Waals surface area contributed by atoms with Crippen molar-refractivity contribution >= 4 is 23.6 Å². The highest BCUT2D eigenvalue weighted by Crippen LogP contribution is 2.25. The minimum absolute atomic E-state index is 0.0805. The van der Waals surface area contributed by atoms with Gasteiger partial charge in [0.15, 0.2) is 0 Å². The fraction of sp³-hybridized carbons (Fsp3) is 0.462. The molecule has 6 heteroatoms. The predicted molar refractivity (Wildman–Crippen MR) is 74.2 cm³/mol.